The van der Waals surface area contributed by atoms with E-state index < -0.39 is 0 Å². The molecule has 0 fully saturated rings. The van der Waals surface area contributed by atoms with Crippen LogP contribution >= 0.6 is 34.7 Å². The van der Waals surface area contributed by atoms with Gasteiger partial charge in [0.1, 0.15) is 10.4 Å². The molecule has 0 aliphatic carbocycles. The Balaban J connectivity index is 1.32. The van der Waals surface area contributed by atoms with Crippen LogP contribution in [0.4, 0.5) is 5.69 Å². The molecule has 2 aromatic carbocycles. The molecule has 0 saturated heterocycles. The lowest BCUT2D eigenvalue weighted by atomic mass is 10.2. The van der Waals surface area contributed by atoms with Gasteiger partial charge in [0.25, 0.3) is 5.56 Å². The number of benzene rings is 2. The first-order valence-corrected chi connectivity index (χ1v) is 13.6. The van der Waals surface area contributed by atoms with Crippen molar-refractivity contribution in [2.75, 3.05) is 12.4 Å². The van der Waals surface area contributed by atoms with E-state index in [1.54, 1.807) is 23.4 Å². The Hall–Kier alpha value is -2.81. The third kappa shape index (κ3) is 6.87. The molecule has 35 heavy (non-hydrogen) atoms. The number of nitrogens with zero attached hydrogens (tertiary/aromatic N) is 2. The van der Waals surface area contributed by atoms with E-state index in [4.69, 9.17) is 21.3 Å². The first-order valence-electron chi connectivity index (χ1n) is 11.3. The summed E-state index contributed by atoms with van der Waals surface area (Å²) in [7, 11) is 1.61. The number of halogens is 1. The molecule has 1 amide bonds. The van der Waals surface area contributed by atoms with Crippen LogP contribution in [0.5, 0.6) is 5.75 Å². The number of fused-ring (bicyclic) bond motifs is 1. The van der Waals surface area contributed by atoms with Crippen LogP contribution in [0.1, 0.15) is 31.2 Å². The first kappa shape index (κ1) is 25.3. The van der Waals surface area contributed by atoms with E-state index in [0.717, 1.165) is 41.8 Å². The third-order valence-corrected chi connectivity index (χ3v) is 7.66. The van der Waals surface area contributed by atoms with Crippen molar-refractivity contribution in [3.63, 3.8) is 0 Å². The summed E-state index contributed by atoms with van der Waals surface area (Å²) in [5.74, 6) is 1.43. The average Bonchev–Trinajstić information content (AvgIpc) is 3.34. The van der Waals surface area contributed by atoms with Gasteiger partial charge in [0.2, 0.25) is 5.91 Å². The SMILES string of the molecule is COc1ccc(NC(=O)CCCCCn2c(SCc3ccc(Cl)cc3)nc3ccsc3c2=O)cc1. The third-order valence-electron chi connectivity index (χ3n) is 5.47. The fraction of sp³-hybridized carbons (Fsp3) is 0.269. The van der Waals surface area contributed by atoms with Gasteiger partial charge in [-0.05, 0) is 66.2 Å². The molecule has 9 heteroatoms. The number of unbranched alkanes of at least 4 members (excludes halogenated alkanes) is 2. The van der Waals surface area contributed by atoms with Crippen LogP contribution in [-0.4, -0.2) is 22.6 Å². The fourth-order valence-electron chi connectivity index (χ4n) is 3.59. The highest BCUT2D eigenvalue weighted by Gasteiger charge is 2.13. The highest BCUT2D eigenvalue weighted by Crippen LogP contribution is 2.25. The van der Waals surface area contributed by atoms with Crippen molar-refractivity contribution >= 4 is 56.5 Å². The predicted octanol–water partition coefficient (Wildman–Crippen LogP) is 6.61. The van der Waals surface area contributed by atoms with Gasteiger partial charge in [-0.3, -0.25) is 14.2 Å². The van der Waals surface area contributed by atoms with Gasteiger partial charge in [-0.25, -0.2) is 4.98 Å². The summed E-state index contributed by atoms with van der Waals surface area (Å²) in [6, 6.07) is 16.9. The lowest BCUT2D eigenvalue weighted by molar-refractivity contribution is -0.116. The number of methoxy groups -OCH3 is 1. The van der Waals surface area contributed by atoms with E-state index in [1.807, 2.05) is 60.0 Å². The largest absolute Gasteiger partial charge is 0.497 e. The molecule has 6 nitrogen and oxygen atoms in total. The minimum Gasteiger partial charge on any atom is -0.497 e. The molecule has 4 rings (SSSR count). The van der Waals surface area contributed by atoms with E-state index in [2.05, 4.69) is 5.32 Å². The van der Waals surface area contributed by atoms with Gasteiger partial charge < -0.3 is 10.1 Å². The lowest BCUT2D eigenvalue weighted by Crippen LogP contribution is -2.22. The summed E-state index contributed by atoms with van der Waals surface area (Å²) in [6.45, 7) is 0.572. The molecule has 0 aliphatic rings. The minimum atomic E-state index is -0.0202. The number of hydrogen-bond donors (Lipinski definition) is 1. The quantitative estimate of drug-likeness (QED) is 0.135. The summed E-state index contributed by atoms with van der Waals surface area (Å²) in [5, 5.41) is 6.22. The Bertz CT molecular complexity index is 1330. The maximum Gasteiger partial charge on any atom is 0.272 e. The summed E-state index contributed by atoms with van der Waals surface area (Å²) in [4.78, 5) is 30.1. The van der Waals surface area contributed by atoms with E-state index in [0.29, 0.717) is 33.6 Å². The van der Waals surface area contributed by atoms with Crippen LogP contribution in [-0.2, 0) is 17.1 Å². The van der Waals surface area contributed by atoms with Crippen molar-refractivity contribution in [3.8, 4) is 5.75 Å². The number of hydrogen-bond acceptors (Lipinski definition) is 6. The number of ether oxygens (including phenoxy) is 1. The number of thioether (sulfide) groups is 1. The average molecular weight is 528 g/mol. The van der Waals surface area contributed by atoms with Crippen molar-refractivity contribution in [2.45, 2.75) is 43.1 Å². The Morgan fingerprint density at radius 1 is 1.09 bits per heavy atom. The summed E-state index contributed by atoms with van der Waals surface area (Å²) >= 11 is 8.96. The Kier molecular flexibility index (Phi) is 8.84. The summed E-state index contributed by atoms with van der Waals surface area (Å²) in [5.41, 5.74) is 2.61. The molecule has 1 N–H and O–H groups in total. The predicted molar refractivity (Wildman–Crippen MR) is 145 cm³/mol. The van der Waals surface area contributed by atoms with E-state index in [9.17, 15) is 9.59 Å². The second-order valence-electron chi connectivity index (χ2n) is 7.99. The maximum absolute atomic E-state index is 13.1. The van der Waals surface area contributed by atoms with Crippen LogP contribution in [0.15, 0.2) is 69.9 Å². The molecule has 0 saturated carbocycles. The smallest absolute Gasteiger partial charge is 0.272 e. The number of amides is 1. The normalized spacial score (nSPS) is 11.0. The van der Waals surface area contributed by atoms with Crippen LogP contribution < -0.4 is 15.6 Å². The zero-order valence-electron chi connectivity index (χ0n) is 19.3. The van der Waals surface area contributed by atoms with Crippen LogP contribution in [0.25, 0.3) is 10.2 Å². The highest BCUT2D eigenvalue weighted by atomic mass is 35.5. The molecule has 0 spiro atoms. The van der Waals surface area contributed by atoms with Gasteiger partial charge in [0.05, 0.1) is 12.6 Å². The lowest BCUT2D eigenvalue weighted by Gasteiger charge is -2.12. The molecule has 182 valence electrons. The number of aromatic nitrogens is 2. The van der Waals surface area contributed by atoms with Crippen LogP contribution in [0.2, 0.25) is 5.02 Å². The van der Waals surface area contributed by atoms with Crippen molar-refractivity contribution in [1.29, 1.82) is 0 Å². The Labute approximate surface area is 217 Å². The molecule has 0 bridgehead atoms. The van der Waals surface area contributed by atoms with Crippen molar-refractivity contribution in [1.82, 2.24) is 9.55 Å². The molecule has 2 heterocycles. The second-order valence-corrected chi connectivity index (χ2v) is 10.3. The van der Waals surface area contributed by atoms with E-state index in [-0.39, 0.29) is 11.5 Å². The molecular weight excluding hydrogens is 502 g/mol. The number of anilines is 1. The number of thiophene rings is 1. The van der Waals surface area contributed by atoms with Crippen molar-refractivity contribution in [2.24, 2.45) is 0 Å². The molecular formula is C26H26ClN3O3S2. The fourth-order valence-corrected chi connectivity index (χ4v) is 5.48. The Morgan fingerprint density at radius 3 is 2.60 bits per heavy atom. The number of rotatable bonds is 11. The standard InChI is InChI=1S/C26H26ClN3O3S2/c1-33-21-12-10-20(11-13-21)28-23(31)5-3-2-4-15-30-25(32)24-22(14-16-34-24)29-26(30)35-17-18-6-8-19(27)9-7-18/h6-14,16H,2-5,15,17H2,1H3,(H,28,31). The van der Waals surface area contributed by atoms with E-state index >= 15 is 0 Å². The monoisotopic (exact) mass is 527 g/mol. The van der Waals surface area contributed by atoms with E-state index in [1.165, 1.54) is 11.3 Å². The van der Waals surface area contributed by atoms with Gasteiger partial charge in [-0.1, -0.05) is 41.9 Å². The first-order chi connectivity index (χ1) is 17.0. The maximum atomic E-state index is 13.1. The van der Waals surface area contributed by atoms with Gasteiger partial charge in [0.15, 0.2) is 5.16 Å². The van der Waals surface area contributed by atoms with Crippen molar-refractivity contribution < 1.29 is 9.53 Å². The topological polar surface area (TPSA) is 73.2 Å². The van der Waals surface area contributed by atoms with Gasteiger partial charge in [-0.2, -0.15) is 0 Å². The molecule has 4 aromatic rings. The van der Waals surface area contributed by atoms with Crippen LogP contribution in [0, 0.1) is 0 Å². The van der Waals surface area contributed by atoms with Crippen molar-refractivity contribution in [3.05, 3.63) is 80.9 Å². The minimum absolute atomic E-state index is 0.000792. The number of carbonyl (C=O) groups excluding carboxylic acids is 1. The molecule has 0 aliphatic heterocycles. The molecule has 0 radical (unpaired) electrons. The molecule has 2 aromatic heterocycles. The summed E-state index contributed by atoms with van der Waals surface area (Å²) in [6.07, 6.45) is 2.81. The number of carbonyl (C=O) groups is 1. The highest BCUT2D eigenvalue weighted by molar-refractivity contribution is 7.98. The van der Waals surface area contributed by atoms with Gasteiger partial charge in [0, 0.05) is 29.4 Å². The number of nitrogens with one attached hydrogen (secondary N) is 1. The zero-order chi connectivity index (χ0) is 24.6. The summed E-state index contributed by atoms with van der Waals surface area (Å²) < 4.78 is 7.59. The molecule has 0 atom stereocenters. The Morgan fingerprint density at radius 2 is 1.86 bits per heavy atom. The van der Waals surface area contributed by atoms with Crippen LogP contribution in [0.3, 0.4) is 0 Å². The van der Waals surface area contributed by atoms with Gasteiger partial charge >= 0.3 is 0 Å². The molecule has 0 unspecified atom stereocenters. The van der Waals surface area contributed by atoms with Gasteiger partial charge in [-0.15, -0.1) is 11.3 Å². The second kappa shape index (κ2) is 12.2. The zero-order valence-corrected chi connectivity index (χ0v) is 21.7.